The first-order chi connectivity index (χ1) is 13.9. The van der Waals surface area contributed by atoms with Crippen LogP contribution in [-0.4, -0.2) is 28.9 Å². The molecule has 0 bridgehead atoms. The topological polar surface area (TPSA) is 88.4 Å². The Morgan fingerprint density at radius 1 is 1.24 bits per heavy atom. The number of benzene rings is 1. The molecule has 1 aliphatic rings. The van der Waals surface area contributed by atoms with Crippen LogP contribution in [0.5, 0.6) is 0 Å². The molecule has 1 aromatic carbocycles. The maximum Gasteiger partial charge on any atom is 0.311 e. The summed E-state index contributed by atoms with van der Waals surface area (Å²) in [6.07, 6.45) is 7.77. The highest BCUT2D eigenvalue weighted by Gasteiger charge is 2.23. The molecule has 2 aromatic rings. The van der Waals surface area contributed by atoms with Gasteiger partial charge in [-0.25, -0.2) is 4.98 Å². The number of amides is 1. The summed E-state index contributed by atoms with van der Waals surface area (Å²) in [6.45, 7) is 4.73. The molecule has 3 rings (SSSR count). The van der Waals surface area contributed by atoms with Gasteiger partial charge in [-0.1, -0.05) is 35.9 Å². The van der Waals surface area contributed by atoms with Crippen molar-refractivity contribution in [2.24, 2.45) is 0 Å². The highest BCUT2D eigenvalue weighted by molar-refractivity contribution is 5.89. The van der Waals surface area contributed by atoms with Crippen molar-refractivity contribution < 1.29 is 9.72 Å². The molecule has 150 valence electrons. The van der Waals surface area contributed by atoms with Crippen LogP contribution in [0.25, 0.3) is 6.08 Å². The minimum absolute atomic E-state index is 0.0574. The molecule has 1 aliphatic heterocycles. The van der Waals surface area contributed by atoms with Crippen LogP contribution in [0.4, 0.5) is 17.2 Å². The van der Waals surface area contributed by atoms with E-state index in [1.54, 1.807) is 6.07 Å². The van der Waals surface area contributed by atoms with E-state index in [2.05, 4.69) is 16.4 Å². The third-order valence-corrected chi connectivity index (χ3v) is 4.72. The van der Waals surface area contributed by atoms with E-state index in [1.807, 2.05) is 48.2 Å². The van der Waals surface area contributed by atoms with Crippen LogP contribution in [0.2, 0.25) is 0 Å². The number of hydrogen-bond donors (Lipinski definition) is 1. The van der Waals surface area contributed by atoms with E-state index in [0.29, 0.717) is 18.9 Å². The van der Waals surface area contributed by atoms with E-state index < -0.39 is 0 Å². The van der Waals surface area contributed by atoms with Crippen molar-refractivity contribution in [2.45, 2.75) is 26.7 Å². The smallest absolute Gasteiger partial charge is 0.311 e. The minimum atomic E-state index is -0.370. The van der Waals surface area contributed by atoms with Gasteiger partial charge in [0.25, 0.3) is 0 Å². The molecule has 0 unspecified atom stereocenters. The van der Waals surface area contributed by atoms with Crippen molar-refractivity contribution in [1.29, 1.82) is 0 Å². The van der Waals surface area contributed by atoms with E-state index in [4.69, 9.17) is 0 Å². The van der Waals surface area contributed by atoms with E-state index in [1.165, 1.54) is 18.6 Å². The van der Waals surface area contributed by atoms with Gasteiger partial charge >= 0.3 is 5.69 Å². The summed E-state index contributed by atoms with van der Waals surface area (Å²) in [7, 11) is 0. The molecule has 0 saturated carbocycles. The quantitative estimate of drug-likeness (QED) is 0.598. The van der Waals surface area contributed by atoms with Crippen LogP contribution in [0.15, 0.2) is 54.1 Å². The van der Waals surface area contributed by atoms with E-state index in [-0.39, 0.29) is 16.5 Å². The monoisotopic (exact) mass is 392 g/mol. The molecule has 2 heterocycles. The Hall–Kier alpha value is -3.48. The summed E-state index contributed by atoms with van der Waals surface area (Å²) < 4.78 is 0. The Kier molecular flexibility index (Phi) is 6.39. The molecular weight excluding hydrogens is 368 g/mol. The molecule has 0 spiro atoms. The van der Waals surface area contributed by atoms with Crippen molar-refractivity contribution in [3.8, 4) is 0 Å². The normalized spacial score (nSPS) is 14.1. The molecule has 1 aromatic heterocycles. The Bertz CT molecular complexity index is 972. The number of aromatic nitrogens is 1. The fourth-order valence-electron chi connectivity index (χ4n) is 3.30. The predicted octanol–water partition coefficient (Wildman–Crippen LogP) is 4.50. The van der Waals surface area contributed by atoms with Gasteiger partial charge in [0.2, 0.25) is 11.7 Å². The number of nitro groups is 1. The Labute approximate surface area is 169 Å². The van der Waals surface area contributed by atoms with E-state index >= 15 is 0 Å². The van der Waals surface area contributed by atoms with Crippen LogP contribution in [0, 0.1) is 17.0 Å². The second-order valence-corrected chi connectivity index (χ2v) is 7.03. The fourth-order valence-corrected chi connectivity index (χ4v) is 3.30. The lowest BCUT2D eigenvalue weighted by molar-refractivity contribution is -0.384. The number of nitrogens with zero attached hydrogens (tertiary/aromatic N) is 3. The van der Waals surface area contributed by atoms with Crippen LogP contribution in [0.3, 0.4) is 0 Å². The maximum atomic E-state index is 11.3. The van der Waals surface area contributed by atoms with Crippen molar-refractivity contribution in [1.82, 2.24) is 4.98 Å². The first-order valence-corrected chi connectivity index (χ1v) is 9.53. The van der Waals surface area contributed by atoms with Gasteiger partial charge < -0.3 is 10.2 Å². The Morgan fingerprint density at radius 2 is 2.00 bits per heavy atom. The molecule has 29 heavy (non-hydrogen) atoms. The molecule has 1 fully saturated rings. The fraction of sp³-hybridized carbons (Fsp3) is 0.273. The number of hydrogen-bond acceptors (Lipinski definition) is 5. The molecule has 1 saturated heterocycles. The summed E-state index contributed by atoms with van der Waals surface area (Å²) >= 11 is 0. The highest BCUT2D eigenvalue weighted by atomic mass is 16.6. The van der Waals surface area contributed by atoms with Gasteiger partial charge in [-0.2, -0.15) is 0 Å². The number of allylic oxidation sites excluding steroid dienone is 2. The number of nitrogens with one attached hydrogen (secondary N) is 1. The van der Waals surface area contributed by atoms with Gasteiger partial charge in [0.1, 0.15) is 0 Å². The lowest BCUT2D eigenvalue weighted by Crippen LogP contribution is -2.32. The standard InChI is InChI=1S/C22H24N4O3/c1-16-9-10-21(26(28)29)22(23-16)25-13-11-18(12-14-25)5-3-6-19-7-4-8-20(15-19)24-17(2)27/h3-10,15H,11-14H2,1-2H3,(H,24,27)/b6-3+. The first kappa shape index (κ1) is 20.3. The highest BCUT2D eigenvalue weighted by Crippen LogP contribution is 2.29. The molecule has 0 aliphatic carbocycles. The predicted molar refractivity (Wildman–Crippen MR) is 115 cm³/mol. The van der Waals surface area contributed by atoms with Gasteiger partial charge in [-0.05, 0) is 43.5 Å². The van der Waals surface area contributed by atoms with Gasteiger partial charge in [0.15, 0.2) is 0 Å². The average molecular weight is 392 g/mol. The third-order valence-electron chi connectivity index (χ3n) is 4.72. The number of piperidine rings is 1. The summed E-state index contributed by atoms with van der Waals surface area (Å²) in [5.41, 5.74) is 3.90. The average Bonchev–Trinajstić information content (AvgIpc) is 2.68. The number of aryl methyl sites for hydroxylation is 1. The van der Waals surface area contributed by atoms with Crippen LogP contribution in [-0.2, 0) is 4.79 Å². The van der Waals surface area contributed by atoms with E-state index in [0.717, 1.165) is 29.8 Å². The second kappa shape index (κ2) is 9.14. The Morgan fingerprint density at radius 3 is 2.69 bits per heavy atom. The van der Waals surface area contributed by atoms with Crippen LogP contribution >= 0.6 is 0 Å². The summed E-state index contributed by atoms with van der Waals surface area (Å²) in [4.78, 5) is 28.5. The summed E-state index contributed by atoms with van der Waals surface area (Å²) in [6, 6.07) is 10.8. The molecule has 7 nitrogen and oxygen atoms in total. The molecular formula is C22H24N4O3. The molecule has 0 atom stereocenters. The van der Waals surface area contributed by atoms with Crippen molar-refractivity contribution in [3.05, 3.63) is 75.5 Å². The number of anilines is 2. The van der Waals surface area contributed by atoms with Gasteiger partial charge in [-0.15, -0.1) is 0 Å². The number of pyridine rings is 1. The third kappa shape index (κ3) is 5.51. The number of carbonyl (C=O) groups excluding carboxylic acids is 1. The zero-order chi connectivity index (χ0) is 20.8. The second-order valence-electron chi connectivity index (χ2n) is 7.03. The summed E-state index contributed by atoms with van der Waals surface area (Å²) in [5.74, 6) is 0.364. The number of carbonyl (C=O) groups is 1. The first-order valence-electron chi connectivity index (χ1n) is 9.53. The number of rotatable bonds is 5. The van der Waals surface area contributed by atoms with Gasteiger partial charge in [-0.3, -0.25) is 14.9 Å². The van der Waals surface area contributed by atoms with Crippen LogP contribution in [0.1, 0.15) is 31.0 Å². The molecule has 7 heteroatoms. The maximum absolute atomic E-state index is 11.3. The lowest BCUT2D eigenvalue weighted by Gasteiger charge is -2.29. The lowest BCUT2D eigenvalue weighted by atomic mass is 10.0. The zero-order valence-electron chi connectivity index (χ0n) is 16.6. The summed E-state index contributed by atoms with van der Waals surface area (Å²) in [5, 5.41) is 14.1. The van der Waals surface area contributed by atoms with Crippen LogP contribution < -0.4 is 10.2 Å². The van der Waals surface area contributed by atoms with E-state index in [9.17, 15) is 14.9 Å². The molecule has 0 radical (unpaired) electrons. The van der Waals surface area contributed by atoms with Crippen molar-refractivity contribution in [2.75, 3.05) is 23.3 Å². The van der Waals surface area contributed by atoms with Crippen molar-refractivity contribution in [3.63, 3.8) is 0 Å². The van der Waals surface area contributed by atoms with Gasteiger partial charge in [0, 0.05) is 37.5 Å². The van der Waals surface area contributed by atoms with Crippen molar-refractivity contribution >= 4 is 29.2 Å². The SMILES string of the molecule is CC(=O)Nc1cccc(/C=C/C=C2CCN(c3nc(C)ccc3[N+](=O)[O-])CC2)c1. The zero-order valence-corrected chi connectivity index (χ0v) is 16.6. The van der Waals surface area contributed by atoms with Gasteiger partial charge in [0.05, 0.1) is 4.92 Å². The molecule has 1 N–H and O–H groups in total. The minimum Gasteiger partial charge on any atom is -0.350 e. The molecule has 1 amide bonds. The Balaban J connectivity index is 1.63. The largest absolute Gasteiger partial charge is 0.350 e.